The molecule has 3 rings (SSSR count). The molecule has 0 aliphatic heterocycles. The first-order chi connectivity index (χ1) is 12.5. The molecule has 0 saturated heterocycles. The Balaban J connectivity index is 1.79. The Morgan fingerprint density at radius 3 is 2.46 bits per heavy atom. The lowest BCUT2D eigenvalue weighted by atomic mass is 10.2. The van der Waals surface area contributed by atoms with Crippen molar-refractivity contribution in [3.8, 4) is 0 Å². The molecule has 0 amide bonds. The summed E-state index contributed by atoms with van der Waals surface area (Å²) in [5.74, 6) is 0.0438. The van der Waals surface area contributed by atoms with Gasteiger partial charge in [0.25, 0.3) is 0 Å². The molecule has 0 unspecified atom stereocenters. The fraction of sp³-hybridized carbons (Fsp3) is 0.105. The van der Waals surface area contributed by atoms with Crippen LogP contribution in [0.5, 0.6) is 0 Å². The van der Waals surface area contributed by atoms with E-state index < -0.39 is 5.97 Å². The zero-order valence-electron chi connectivity index (χ0n) is 14.3. The highest BCUT2D eigenvalue weighted by Crippen LogP contribution is 2.21. The van der Waals surface area contributed by atoms with Gasteiger partial charge in [-0.05, 0) is 43.3 Å². The first-order valence-corrected chi connectivity index (χ1v) is 7.88. The van der Waals surface area contributed by atoms with E-state index in [4.69, 9.17) is 0 Å². The monoisotopic (exact) mass is 352 g/mol. The summed E-state index contributed by atoms with van der Waals surface area (Å²) >= 11 is 0. The molecule has 2 aromatic carbocycles. The lowest BCUT2D eigenvalue weighted by Gasteiger charge is -2.10. The normalized spacial score (nSPS) is 10.3. The van der Waals surface area contributed by atoms with E-state index in [0.29, 0.717) is 22.8 Å². The van der Waals surface area contributed by atoms with E-state index in [2.05, 4.69) is 25.3 Å². The highest BCUT2D eigenvalue weighted by Gasteiger charge is 2.08. The first kappa shape index (κ1) is 17.3. The van der Waals surface area contributed by atoms with Crippen molar-refractivity contribution in [1.29, 1.82) is 0 Å². The molecular weight excluding hydrogens is 335 g/mol. The molecule has 0 spiro atoms. The van der Waals surface area contributed by atoms with Crippen LogP contribution in [-0.4, -0.2) is 23.0 Å². The fourth-order valence-corrected chi connectivity index (χ4v) is 2.33. The first-order valence-electron chi connectivity index (χ1n) is 7.88. The summed E-state index contributed by atoms with van der Waals surface area (Å²) in [5.41, 5.74) is 2.21. The second-order valence-electron chi connectivity index (χ2n) is 5.52. The van der Waals surface area contributed by atoms with Gasteiger partial charge in [0.05, 0.1) is 18.4 Å². The number of methoxy groups -OCH3 is 1. The molecule has 0 aliphatic carbocycles. The van der Waals surface area contributed by atoms with Crippen LogP contribution >= 0.6 is 0 Å². The molecule has 0 bridgehead atoms. The van der Waals surface area contributed by atoms with Gasteiger partial charge in [0, 0.05) is 17.4 Å². The highest BCUT2D eigenvalue weighted by atomic mass is 19.1. The number of aryl methyl sites for hydroxylation is 1. The van der Waals surface area contributed by atoms with Crippen LogP contribution < -0.4 is 10.6 Å². The summed E-state index contributed by atoms with van der Waals surface area (Å²) in [4.78, 5) is 20.1. The molecule has 2 N–H and O–H groups in total. The number of para-hydroxylation sites is 1. The largest absolute Gasteiger partial charge is 0.465 e. The van der Waals surface area contributed by atoms with E-state index >= 15 is 0 Å². The predicted octanol–water partition coefficient (Wildman–Crippen LogP) is 4.20. The zero-order chi connectivity index (χ0) is 18.5. The molecule has 0 radical (unpaired) electrons. The number of esters is 1. The van der Waals surface area contributed by atoms with Crippen LogP contribution in [0.1, 0.15) is 16.1 Å². The minimum absolute atomic E-state index is 0.281. The summed E-state index contributed by atoms with van der Waals surface area (Å²) in [7, 11) is 1.34. The molecule has 0 aliphatic rings. The van der Waals surface area contributed by atoms with Crippen molar-refractivity contribution < 1.29 is 13.9 Å². The van der Waals surface area contributed by atoms with E-state index in [1.807, 2.05) is 6.92 Å². The molecule has 1 aromatic heterocycles. The van der Waals surface area contributed by atoms with Crippen LogP contribution in [0, 0.1) is 12.7 Å². The van der Waals surface area contributed by atoms with Gasteiger partial charge in [0.15, 0.2) is 0 Å². The maximum atomic E-state index is 13.8. The number of hydrogen-bond acceptors (Lipinski definition) is 6. The van der Waals surface area contributed by atoms with Crippen LogP contribution in [0.15, 0.2) is 54.6 Å². The Bertz CT molecular complexity index is 929. The van der Waals surface area contributed by atoms with E-state index in [1.165, 1.54) is 13.2 Å². The number of benzene rings is 2. The van der Waals surface area contributed by atoms with Crippen LogP contribution in [0.2, 0.25) is 0 Å². The Morgan fingerprint density at radius 2 is 1.77 bits per heavy atom. The van der Waals surface area contributed by atoms with Crippen molar-refractivity contribution in [2.24, 2.45) is 0 Å². The van der Waals surface area contributed by atoms with Gasteiger partial charge in [-0.15, -0.1) is 0 Å². The lowest BCUT2D eigenvalue weighted by Crippen LogP contribution is -2.04. The minimum atomic E-state index is -0.397. The maximum absolute atomic E-state index is 13.8. The minimum Gasteiger partial charge on any atom is -0.465 e. The average Bonchev–Trinajstić information content (AvgIpc) is 2.63. The number of hydrogen-bond donors (Lipinski definition) is 2. The fourth-order valence-electron chi connectivity index (χ4n) is 2.33. The van der Waals surface area contributed by atoms with Gasteiger partial charge in [-0.3, -0.25) is 0 Å². The molecule has 6 nitrogen and oxygen atoms in total. The maximum Gasteiger partial charge on any atom is 0.337 e. The molecule has 3 aromatic rings. The molecule has 26 heavy (non-hydrogen) atoms. The smallest absolute Gasteiger partial charge is 0.337 e. The molecule has 0 fully saturated rings. The number of carbonyl (C=O) groups is 1. The number of aromatic nitrogens is 2. The number of nitrogens with zero attached hydrogens (tertiary/aromatic N) is 2. The average molecular weight is 352 g/mol. The number of halogens is 1. The van der Waals surface area contributed by atoms with Crippen molar-refractivity contribution in [2.45, 2.75) is 6.92 Å². The van der Waals surface area contributed by atoms with Crippen molar-refractivity contribution in [3.63, 3.8) is 0 Å². The van der Waals surface area contributed by atoms with Gasteiger partial charge in [0.2, 0.25) is 5.95 Å². The highest BCUT2D eigenvalue weighted by molar-refractivity contribution is 5.89. The quantitative estimate of drug-likeness (QED) is 0.670. The molecule has 7 heteroatoms. The summed E-state index contributed by atoms with van der Waals surface area (Å²) in [6, 6.07) is 14.9. The van der Waals surface area contributed by atoms with Crippen molar-refractivity contribution in [1.82, 2.24) is 9.97 Å². The number of nitrogens with one attached hydrogen (secondary N) is 2. The summed E-state index contributed by atoms with van der Waals surface area (Å²) in [6.07, 6.45) is 0. The summed E-state index contributed by atoms with van der Waals surface area (Å²) in [6.45, 7) is 1.82. The van der Waals surface area contributed by atoms with E-state index in [-0.39, 0.29) is 11.8 Å². The van der Waals surface area contributed by atoms with Gasteiger partial charge in [-0.1, -0.05) is 12.1 Å². The van der Waals surface area contributed by atoms with E-state index in [9.17, 15) is 9.18 Å². The van der Waals surface area contributed by atoms with Gasteiger partial charge >= 0.3 is 5.97 Å². The standard InChI is InChI=1S/C19H17FN4O2/c1-12-11-17(22-14-9-7-13(8-10-14)18(25)26-2)24-19(21-12)23-16-6-4-3-5-15(16)20/h3-11H,1-2H3,(H2,21,22,23,24). The molecular formula is C19H17FN4O2. The SMILES string of the molecule is COC(=O)c1ccc(Nc2cc(C)nc(Nc3ccccc3F)n2)cc1. The van der Waals surface area contributed by atoms with Gasteiger partial charge in [-0.2, -0.15) is 4.98 Å². The van der Waals surface area contributed by atoms with Crippen molar-refractivity contribution in [3.05, 3.63) is 71.7 Å². The number of ether oxygens (including phenoxy) is 1. The van der Waals surface area contributed by atoms with E-state index in [1.54, 1.807) is 48.5 Å². The topological polar surface area (TPSA) is 76.1 Å². The number of rotatable bonds is 5. The second kappa shape index (κ2) is 7.60. The number of carbonyl (C=O) groups excluding carboxylic acids is 1. The van der Waals surface area contributed by atoms with Crippen molar-refractivity contribution >= 4 is 29.1 Å². The third-order valence-electron chi connectivity index (χ3n) is 3.55. The third-order valence-corrected chi connectivity index (χ3v) is 3.55. The number of anilines is 4. The molecule has 0 atom stereocenters. The second-order valence-corrected chi connectivity index (χ2v) is 5.52. The Morgan fingerprint density at radius 1 is 1.04 bits per heavy atom. The van der Waals surface area contributed by atoms with E-state index in [0.717, 1.165) is 5.69 Å². The van der Waals surface area contributed by atoms with Crippen LogP contribution in [-0.2, 0) is 4.74 Å². The molecule has 1 heterocycles. The molecule has 0 saturated carbocycles. The molecule has 132 valence electrons. The predicted molar refractivity (Wildman–Crippen MR) is 97.5 cm³/mol. The van der Waals surface area contributed by atoms with Gasteiger partial charge in [-0.25, -0.2) is 14.2 Å². The van der Waals surface area contributed by atoms with Crippen LogP contribution in [0.3, 0.4) is 0 Å². The summed E-state index contributed by atoms with van der Waals surface area (Å²) < 4.78 is 18.5. The van der Waals surface area contributed by atoms with Crippen molar-refractivity contribution in [2.75, 3.05) is 17.7 Å². The zero-order valence-corrected chi connectivity index (χ0v) is 14.3. The summed E-state index contributed by atoms with van der Waals surface area (Å²) in [5, 5.41) is 6.01. The Hall–Kier alpha value is -3.48. The van der Waals surface area contributed by atoms with Gasteiger partial charge in [0.1, 0.15) is 11.6 Å². The Labute approximate surface area is 150 Å². The Kier molecular flexibility index (Phi) is 5.07. The van der Waals surface area contributed by atoms with Gasteiger partial charge < -0.3 is 15.4 Å². The van der Waals surface area contributed by atoms with Crippen LogP contribution in [0.4, 0.5) is 27.5 Å². The lowest BCUT2D eigenvalue weighted by molar-refractivity contribution is 0.0601. The third kappa shape index (κ3) is 4.13. The van der Waals surface area contributed by atoms with Crippen LogP contribution in [0.25, 0.3) is 0 Å².